The summed E-state index contributed by atoms with van der Waals surface area (Å²) in [4.78, 5) is 27.1. The summed E-state index contributed by atoms with van der Waals surface area (Å²) in [6, 6.07) is 28.3. The van der Waals surface area contributed by atoms with Crippen molar-refractivity contribution in [1.29, 1.82) is 0 Å². The van der Waals surface area contributed by atoms with E-state index in [-0.39, 0.29) is 11.8 Å². The van der Waals surface area contributed by atoms with Gasteiger partial charge in [0.25, 0.3) is 11.8 Å². The second-order valence-corrected chi connectivity index (χ2v) is 7.94. The van der Waals surface area contributed by atoms with Crippen molar-refractivity contribution in [3.05, 3.63) is 103 Å². The topological polar surface area (TPSA) is 65.3 Å². The monoisotopic (exact) mass is 434 g/mol. The zero-order valence-electron chi connectivity index (χ0n) is 18.1. The van der Waals surface area contributed by atoms with E-state index in [1.807, 2.05) is 103 Å². The van der Waals surface area contributed by atoms with E-state index in [1.165, 1.54) is 10.0 Å². The fraction of sp³-hybridized carbons (Fsp3) is 0.111. The van der Waals surface area contributed by atoms with Gasteiger partial charge in [0, 0.05) is 5.71 Å². The second kappa shape index (κ2) is 8.67. The molecule has 0 saturated heterocycles. The molecule has 2 unspecified atom stereocenters. The number of carbonyl (C=O) groups excluding carboxylic acids is 2. The van der Waals surface area contributed by atoms with Crippen LogP contribution in [-0.4, -0.2) is 23.2 Å². The van der Waals surface area contributed by atoms with Crippen molar-refractivity contribution < 1.29 is 9.59 Å². The summed E-state index contributed by atoms with van der Waals surface area (Å²) in [6.07, 6.45) is 3.74. The van der Waals surface area contributed by atoms with Gasteiger partial charge in [0.05, 0.1) is 23.0 Å². The van der Waals surface area contributed by atoms with Crippen LogP contribution in [0.5, 0.6) is 0 Å². The number of allylic oxidation sites excluding steroid dienone is 1. The Morgan fingerprint density at radius 2 is 1.12 bits per heavy atom. The number of hydrogen-bond donors (Lipinski definition) is 0. The zero-order chi connectivity index (χ0) is 22.8. The average molecular weight is 434 g/mol. The lowest BCUT2D eigenvalue weighted by Gasteiger charge is -2.19. The van der Waals surface area contributed by atoms with E-state index < -0.39 is 11.8 Å². The van der Waals surface area contributed by atoms with E-state index in [0.717, 1.165) is 5.56 Å². The van der Waals surface area contributed by atoms with Gasteiger partial charge in [0.15, 0.2) is 0 Å². The van der Waals surface area contributed by atoms with Gasteiger partial charge < -0.3 is 0 Å². The number of para-hydroxylation sites is 2. The van der Waals surface area contributed by atoms with Crippen LogP contribution in [0.2, 0.25) is 0 Å². The highest BCUT2D eigenvalue weighted by Gasteiger charge is 2.49. The summed E-state index contributed by atoms with van der Waals surface area (Å²) in [5.41, 5.74) is 3.45. The minimum absolute atomic E-state index is 0.229. The number of benzene rings is 3. The van der Waals surface area contributed by atoms with Crippen LogP contribution in [0.25, 0.3) is 6.08 Å². The number of hydrogen-bond acceptors (Lipinski definition) is 4. The Balaban J connectivity index is 1.52. The van der Waals surface area contributed by atoms with E-state index in [9.17, 15) is 9.59 Å². The quantitative estimate of drug-likeness (QED) is 0.581. The third-order valence-corrected chi connectivity index (χ3v) is 5.77. The third-order valence-electron chi connectivity index (χ3n) is 5.77. The molecule has 0 bridgehead atoms. The van der Waals surface area contributed by atoms with Crippen molar-refractivity contribution in [1.82, 2.24) is 0 Å². The minimum atomic E-state index is -0.755. The highest BCUT2D eigenvalue weighted by molar-refractivity contribution is 6.28. The van der Waals surface area contributed by atoms with Gasteiger partial charge in [0.2, 0.25) is 0 Å². The largest absolute Gasteiger partial charge is 0.272 e. The molecule has 0 spiro atoms. The van der Waals surface area contributed by atoms with Crippen LogP contribution in [0, 0.1) is 11.8 Å². The molecule has 5 rings (SSSR count). The van der Waals surface area contributed by atoms with Crippen LogP contribution < -0.4 is 10.0 Å². The molecule has 2 amide bonds. The fourth-order valence-electron chi connectivity index (χ4n) is 4.15. The summed E-state index contributed by atoms with van der Waals surface area (Å²) in [5.74, 6) is -1.94. The van der Waals surface area contributed by atoms with E-state index in [1.54, 1.807) is 6.92 Å². The van der Waals surface area contributed by atoms with Crippen LogP contribution in [0.3, 0.4) is 0 Å². The van der Waals surface area contributed by atoms with Gasteiger partial charge in [-0.05, 0) is 42.8 Å². The minimum Gasteiger partial charge on any atom is -0.272 e. The normalized spacial score (nSPS) is 20.5. The molecule has 33 heavy (non-hydrogen) atoms. The molecule has 0 aliphatic carbocycles. The first kappa shape index (κ1) is 20.6. The van der Waals surface area contributed by atoms with E-state index in [0.29, 0.717) is 22.8 Å². The molecule has 2 aliphatic heterocycles. The second-order valence-electron chi connectivity index (χ2n) is 7.94. The van der Waals surface area contributed by atoms with Crippen molar-refractivity contribution >= 4 is 40.7 Å². The molecule has 3 aromatic rings. The van der Waals surface area contributed by atoms with Crippen LogP contribution >= 0.6 is 0 Å². The van der Waals surface area contributed by atoms with E-state index in [2.05, 4.69) is 10.2 Å². The molecule has 6 nitrogen and oxygen atoms in total. The van der Waals surface area contributed by atoms with Gasteiger partial charge in [0.1, 0.15) is 5.92 Å². The van der Waals surface area contributed by atoms with Gasteiger partial charge in [-0.1, -0.05) is 72.8 Å². The number of carbonyl (C=O) groups is 2. The molecule has 0 saturated carbocycles. The molecular weight excluding hydrogens is 412 g/mol. The maximum Gasteiger partial charge on any atom is 0.257 e. The Kier molecular flexibility index (Phi) is 5.40. The van der Waals surface area contributed by atoms with Crippen LogP contribution in [0.4, 0.5) is 11.4 Å². The average Bonchev–Trinajstić information content (AvgIpc) is 3.34. The van der Waals surface area contributed by atoms with Gasteiger partial charge in [-0.25, -0.2) is 5.01 Å². The lowest BCUT2D eigenvalue weighted by Crippen LogP contribution is -2.40. The summed E-state index contributed by atoms with van der Waals surface area (Å²) >= 11 is 0. The Bertz CT molecular complexity index is 1270. The molecule has 0 radical (unpaired) electrons. The predicted molar refractivity (Wildman–Crippen MR) is 131 cm³/mol. The highest BCUT2D eigenvalue weighted by Crippen LogP contribution is 2.35. The maximum atomic E-state index is 13.6. The van der Waals surface area contributed by atoms with Gasteiger partial charge in [-0.2, -0.15) is 15.2 Å². The standard InChI is InChI=1S/C27H22N4O2/c1-19-24(26(32)30(28-19)21-13-7-3-8-14-21)25-23(18-17-20-11-5-2-6-12-20)29-31(27(25)33)22-15-9-4-10-16-22/h2-18,24-25H,1H3. The Morgan fingerprint density at radius 1 is 0.636 bits per heavy atom. The summed E-state index contributed by atoms with van der Waals surface area (Å²) in [7, 11) is 0. The molecule has 162 valence electrons. The molecule has 3 aromatic carbocycles. The molecule has 0 fully saturated rings. The molecule has 2 atom stereocenters. The summed E-state index contributed by atoms with van der Waals surface area (Å²) in [6.45, 7) is 1.79. The van der Waals surface area contributed by atoms with Crippen molar-refractivity contribution in [3.8, 4) is 0 Å². The molecule has 0 N–H and O–H groups in total. The lowest BCUT2D eigenvalue weighted by molar-refractivity contribution is -0.126. The number of hydrazone groups is 2. The number of anilines is 2. The van der Waals surface area contributed by atoms with Crippen molar-refractivity contribution in [2.24, 2.45) is 22.0 Å². The lowest BCUT2D eigenvalue weighted by atomic mass is 9.84. The Morgan fingerprint density at radius 3 is 1.70 bits per heavy atom. The van der Waals surface area contributed by atoms with Crippen LogP contribution in [-0.2, 0) is 9.59 Å². The van der Waals surface area contributed by atoms with Crippen molar-refractivity contribution in [2.45, 2.75) is 6.92 Å². The maximum absolute atomic E-state index is 13.6. The van der Waals surface area contributed by atoms with E-state index in [4.69, 9.17) is 0 Å². The highest BCUT2D eigenvalue weighted by atomic mass is 16.2. The van der Waals surface area contributed by atoms with Crippen LogP contribution in [0.1, 0.15) is 12.5 Å². The Hall–Kier alpha value is -4.32. The first-order valence-corrected chi connectivity index (χ1v) is 10.8. The first-order valence-electron chi connectivity index (χ1n) is 10.8. The van der Waals surface area contributed by atoms with Gasteiger partial charge >= 0.3 is 0 Å². The molecule has 0 aromatic heterocycles. The summed E-state index contributed by atoms with van der Waals surface area (Å²) in [5, 5.41) is 11.9. The zero-order valence-corrected chi connectivity index (χ0v) is 18.1. The van der Waals surface area contributed by atoms with Crippen molar-refractivity contribution in [3.63, 3.8) is 0 Å². The molecule has 2 heterocycles. The number of nitrogens with zero attached hydrogens (tertiary/aromatic N) is 4. The van der Waals surface area contributed by atoms with Gasteiger partial charge in [-0.3, -0.25) is 9.59 Å². The fourth-order valence-corrected chi connectivity index (χ4v) is 4.15. The third kappa shape index (κ3) is 3.87. The summed E-state index contributed by atoms with van der Waals surface area (Å²) < 4.78 is 0. The van der Waals surface area contributed by atoms with E-state index >= 15 is 0 Å². The molecule has 2 aliphatic rings. The molecular formula is C27H22N4O2. The predicted octanol–water partition coefficient (Wildman–Crippen LogP) is 4.76. The number of amides is 2. The first-order chi connectivity index (χ1) is 16.1. The Labute approximate surface area is 192 Å². The van der Waals surface area contributed by atoms with Gasteiger partial charge in [-0.15, -0.1) is 0 Å². The van der Waals surface area contributed by atoms with Crippen LogP contribution in [0.15, 0.2) is 107 Å². The van der Waals surface area contributed by atoms with Crippen molar-refractivity contribution in [2.75, 3.05) is 10.0 Å². The number of rotatable bonds is 5. The SMILES string of the molecule is CC1=NN(c2ccccc2)C(=O)C1C1C(=O)N(c2ccccc2)N=C1C=Cc1ccccc1. The molecule has 6 heteroatoms. The smallest absolute Gasteiger partial charge is 0.257 e.